The van der Waals surface area contributed by atoms with Crippen LogP contribution in [0.5, 0.6) is 0 Å². The molecule has 1 N–H and O–H groups in total. The number of aryl methyl sites for hydroxylation is 1. The standard InChI is InChI=1S/C13H23N3O/c1-12-15-6-7-16(12)8-10-17-9-4-13-3-2-5-14-11-13/h6-7,13-14H,2-5,8-11H2,1H3. The summed E-state index contributed by atoms with van der Waals surface area (Å²) in [7, 11) is 0. The number of rotatable bonds is 6. The van der Waals surface area contributed by atoms with Crippen molar-refractivity contribution in [1.29, 1.82) is 0 Å². The van der Waals surface area contributed by atoms with Crippen molar-refractivity contribution < 1.29 is 4.74 Å². The van der Waals surface area contributed by atoms with E-state index < -0.39 is 0 Å². The summed E-state index contributed by atoms with van der Waals surface area (Å²) in [6.45, 7) is 6.97. The van der Waals surface area contributed by atoms with E-state index in [1.165, 1.54) is 32.4 Å². The van der Waals surface area contributed by atoms with Gasteiger partial charge in [-0.05, 0) is 45.2 Å². The molecule has 1 aliphatic heterocycles. The Bertz CT molecular complexity index is 318. The van der Waals surface area contributed by atoms with Crippen LogP contribution in [0, 0.1) is 12.8 Å². The largest absolute Gasteiger partial charge is 0.380 e. The van der Waals surface area contributed by atoms with Crippen molar-refractivity contribution in [3.8, 4) is 0 Å². The molecule has 0 aliphatic carbocycles. The van der Waals surface area contributed by atoms with E-state index in [0.29, 0.717) is 0 Å². The van der Waals surface area contributed by atoms with Crippen molar-refractivity contribution in [2.45, 2.75) is 32.7 Å². The van der Waals surface area contributed by atoms with Gasteiger partial charge < -0.3 is 14.6 Å². The maximum atomic E-state index is 5.69. The van der Waals surface area contributed by atoms with Gasteiger partial charge in [-0.25, -0.2) is 4.98 Å². The summed E-state index contributed by atoms with van der Waals surface area (Å²) in [4.78, 5) is 4.19. The van der Waals surface area contributed by atoms with Crippen LogP contribution in [-0.4, -0.2) is 35.9 Å². The van der Waals surface area contributed by atoms with Crippen LogP contribution in [0.1, 0.15) is 25.1 Å². The predicted molar refractivity (Wildman–Crippen MR) is 68.0 cm³/mol. The van der Waals surface area contributed by atoms with Gasteiger partial charge in [0.2, 0.25) is 0 Å². The molecule has 4 nitrogen and oxygen atoms in total. The molecule has 17 heavy (non-hydrogen) atoms. The fourth-order valence-corrected chi connectivity index (χ4v) is 2.33. The Morgan fingerprint density at radius 3 is 3.18 bits per heavy atom. The predicted octanol–water partition coefficient (Wildman–Crippen LogP) is 1.60. The number of ether oxygens (including phenoxy) is 1. The molecule has 1 atom stereocenters. The van der Waals surface area contributed by atoms with Crippen molar-refractivity contribution in [3.63, 3.8) is 0 Å². The lowest BCUT2D eigenvalue weighted by Gasteiger charge is -2.22. The number of hydrogen-bond donors (Lipinski definition) is 1. The van der Waals surface area contributed by atoms with Gasteiger partial charge in [0.05, 0.1) is 6.61 Å². The fraction of sp³-hybridized carbons (Fsp3) is 0.769. The van der Waals surface area contributed by atoms with E-state index in [2.05, 4.69) is 14.9 Å². The normalized spacial score (nSPS) is 20.6. The van der Waals surface area contributed by atoms with E-state index in [-0.39, 0.29) is 0 Å². The zero-order valence-corrected chi connectivity index (χ0v) is 10.7. The Kier molecular flexibility index (Phi) is 5.01. The Hall–Kier alpha value is -0.870. The summed E-state index contributed by atoms with van der Waals surface area (Å²) >= 11 is 0. The van der Waals surface area contributed by atoms with Gasteiger partial charge in [0, 0.05) is 25.5 Å². The second-order valence-corrected chi connectivity index (χ2v) is 4.78. The summed E-state index contributed by atoms with van der Waals surface area (Å²) in [5, 5.41) is 3.44. The van der Waals surface area contributed by atoms with Gasteiger partial charge in [0.15, 0.2) is 0 Å². The number of aromatic nitrogens is 2. The van der Waals surface area contributed by atoms with Crippen LogP contribution in [0.25, 0.3) is 0 Å². The Balaban J connectivity index is 1.53. The maximum absolute atomic E-state index is 5.69. The maximum Gasteiger partial charge on any atom is 0.105 e. The molecule has 0 amide bonds. The SMILES string of the molecule is Cc1nccn1CCOCCC1CCCNC1. The van der Waals surface area contributed by atoms with Crippen LogP contribution in [0.3, 0.4) is 0 Å². The fourth-order valence-electron chi connectivity index (χ4n) is 2.33. The molecule has 0 bridgehead atoms. The highest BCUT2D eigenvalue weighted by atomic mass is 16.5. The van der Waals surface area contributed by atoms with Crippen LogP contribution in [0.4, 0.5) is 0 Å². The van der Waals surface area contributed by atoms with Gasteiger partial charge in [-0.3, -0.25) is 0 Å². The first-order chi connectivity index (χ1) is 8.36. The van der Waals surface area contributed by atoms with Crippen LogP contribution >= 0.6 is 0 Å². The van der Waals surface area contributed by atoms with E-state index >= 15 is 0 Å². The van der Waals surface area contributed by atoms with Crippen LogP contribution in [-0.2, 0) is 11.3 Å². The van der Waals surface area contributed by atoms with Gasteiger partial charge in [0.25, 0.3) is 0 Å². The summed E-state index contributed by atoms with van der Waals surface area (Å²) in [6, 6.07) is 0. The molecule has 1 fully saturated rings. The lowest BCUT2D eigenvalue weighted by atomic mass is 9.97. The molecule has 1 aromatic rings. The highest BCUT2D eigenvalue weighted by molar-refractivity contribution is 4.87. The van der Waals surface area contributed by atoms with Crippen molar-refractivity contribution in [2.75, 3.05) is 26.3 Å². The molecule has 1 saturated heterocycles. The molecule has 0 saturated carbocycles. The average Bonchev–Trinajstić information content (AvgIpc) is 2.76. The number of imidazole rings is 1. The summed E-state index contributed by atoms with van der Waals surface area (Å²) in [6.07, 6.45) is 7.71. The van der Waals surface area contributed by atoms with E-state index in [4.69, 9.17) is 4.74 Å². The van der Waals surface area contributed by atoms with Crippen molar-refractivity contribution in [2.24, 2.45) is 5.92 Å². The van der Waals surface area contributed by atoms with Crippen molar-refractivity contribution in [1.82, 2.24) is 14.9 Å². The molecule has 1 aliphatic rings. The highest BCUT2D eigenvalue weighted by Crippen LogP contribution is 2.13. The first-order valence-corrected chi connectivity index (χ1v) is 6.62. The minimum absolute atomic E-state index is 0.789. The zero-order chi connectivity index (χ0) is 11.9. The third-order valence-electron chi connectivity index (χ3n) is 3.47. The first kappa shape index (κ1) is 12.6. The first-order valence-electron chi connectivity index (χ1n) is 6.62. The summed E-state index contributed by atoms with van der Waals surface area (Å²) in [5.41, 5.74) is 0. The molecular formula is C13H23N3O. The van der Waals surface area contributed by atoms with Crippen molar-refractivity contribution >= 4 is 0 Å². The van der Waals surface area contributed by atoms with E-state index in [0.717, 1.165) is 31.5 Å². The molecule has 96 valence electrons. The smallest absolute Gasteiger partial charge is 0.105 e. The highest BCUT2D eigenvalue weighted by Gasteiger charge is 2.12. The van der Waals surface area contributed by atoms with Gasteiger partial charge in [-0.15, -0.1) is 0 Å². The Morgan fingerprint density at radius 2 is 2.47 bits per heavy atom. The van der Waals surface area contributed by atoms with Gasteiger partial charge in [0.1, 0.15) is 5.82 Å². The molecule has 2 heterocycles. The van der Waals surface area contributed by atoms with Crippen LogP contribution in [0.15, 0.2) is 12.4 Å². The van der Waals surface area contributed by atoms with E-state index in [1.54, 1.807) is 0 Å². The van der Waals surface area contributed by atoms with Gasteiger partial charge in [-0.1, -0.05) is 0 Å². The summed E-state index contributed by atoms with van der Waals surface area (Å²) in [5.74, 6) is 1.88. The number of piperidine rings is 1. The quantitative estimate of drug-likeness (QED) is 0.764. The third-order valence-corrected chi connectivity index (χ3v) is 3.47. The molecule has 4 heteroatoms. The van der Waals surface area contributed by atoms with Crippen molar-refractivity contribution in [3.05, 3.63) is 18.2 Å². The molecule has 0 spiro atoms. The molecule has 2 rings (SSSR count). The van der Waals surface area contributed by atoms with E-state index in [9.17, 15) is 0 Å². The lowest BCUT2D eigenvalue weighted by molar-refractivity contribution is 0.109. The topological polar surface area (TPSA) is 39.1 Å². The minimum Gasteiger partial charge on any atom is -0.380 e. The number of hydrogen-bond acceptors (Lipinski definition) is 3. The van der Waals surface area contributed by atoms with Gasteiger partial charge >= 0.3 is 0 Å². The third kappa shape index (κ3) is 4.13. The zero-order valence-electron chi connectivity index (χ0n) is 10.7. The monoisotopic (exact) mass is 237 g/mol. The number of nitrogens with zero attached hydrogens (tertiary/aromatic N) is 2. The average molecular weight is 237 g/mol. The van der Waals surface area contributed by atoms with E-state index in [1.807, 2.05) is 19.3 Å². The van der Waals surface area contributed by atoms with Crippen LogP contribution < -0.4 is 5.32 Å². The Labute approximate surface area is 103 Å². The Morgan fingerprint density at radius 1 is 1.53 bits per heavy atom. The van der Waals surface area contributed by atoms with Gasteiger partial charge in [-0.2, -0.15) is 0 Å². The summed E-state index contributed by atoms with van der Waals surface area (Å²) < 4.78 is 7.82. The molecule has 1 unspecified atom stereocenters. The number of nitrogens with one attached hydrogen (secondary N) is 1. The molecule has 0 aromatic carbocycles. The second-order valence-electron chi connectivity index (χ2n) is 4.78. The lowest BCUT2D eigenvalue weighted by Crippen LogP contribution is -2.30. The van der Waals surface area contributed by atoms with Crippen LogP contribution in [0.2, 0.25) is 0 Å². The molecule has 1 aromatic heterocycles. The second kappa shape index (κ2) is 6.77. The molecule has 0 radical (unpaired) electrons. The molecular weight excluding hydrogens is 214 g/mol. The minimum atomic E-state index is 0.789.